The van der Waals surface area contributed by atoms with Gasteiger partial charge in [0.1, 0.15) is 6.04 Å². The minimum absolute atomic E-state index is 0.261. The van der Waals surface area contributed by atoms with Crippen LogP contribution in [0.15, 0.2) is 24.3 Å². The van der Waals surface area contributed by atoms with Gasteiger partial charge in [-0.2, -0.15) is 11.8 Å². The van der Waals surface area contributed by atoms with E-state index >= 15 is 0 Å². The van der Waals surface area contributed by atoms with Gasteiger partial charge in [0.05, 0.1) is 5.56 Å². The Morgan fingerprint density at radius 2 is 1.83 bits per heavy atom. The number of nitrogens with two attached hydrogens (primary N) is 1. The first-order valence-electron chi connectivity index (χ1n) is 5.39. The number of hydrogen-bond acceptors (Lipinski definition) is 4. The fraction of sp³-hybridized carbons (Fsp3) is 0.333. The van der Waals surface area contributed by atoms with Gasteiger partial charge in [-0.15, -0.1) is 0 Å². The quantitative estimate of drug-likeness (QED) is 0.647. The highest BCUT2D eigenvalue weighted by Gasteiger charge is 2.10. The molecule has 0 aliphatic carbocycles. The number of thioether (sulfide) groups is 1. The highest BCUT2D eigenvalue weighted by Crippen LogP contribution is 2.14. The molecule has 1 aromatic carbocycles. The van der Waals surface area contributed by atoms with Crippen molar-refractivity contribution in [2.75, 3.05) is 5.75 Å². The van der Waals surface area contributed by atoms with Crippen LogP contribution in [0.1, 0.15) is 22.3 Å². The standard InChI is InChI=1S/C12H15NO4S/c13-10(12(16)17)5-6-18-7-8-1-3-9(4-2-8)11(14)15/h1-4,10H,5-7,13H2,(H,14,15)(H,16,17). The summed E-state index contributed by atoms with van der Waals surface area (Å²) >= 11 is 1.58. The number of carboxylic acid groups (broad SMARTS) is 2. The van der Waals surface area contributed by atoms with Gasteiger partial charge in [0.25, 0.3) is 0 Å². The van der Waals surface area contributed by atoms with Crippen molar-refractivity contribution in [3.8, 4) is 0 Å². The van der Waals surface area contributed by atoms with E-state index < -0.39 is 18.0 Å². The average Bonchev–Trinajstić information content (AvgIpc) is 2.34. The maximum atomic E-state index is 10.6. The molecule has 0 saturated heterocycles. The topological polar surface area (TPSA) is 101 Å². The van der Waals surface area contributed by atoms with E-state index in [4.69, 9.17) is 15.9 Å². The Balaban J connectivity index is 2.31. The Kier molecular flexibility index (Phi) is 5.67. The molecule has 0 aliphatic heterocycles. The lowest BCUT2D eigenvalue weighted by atomic mass is 10.1. The second-order valence-corrected chi connectivity index (χ2v) is 4.89. The van der Waals surface area contributed by atoms with E-state index in [1.165, 1.54) is 0 Å². The predicted octanol–water partition coefficient (Wildman–Crippen LogP) is 1.42. The molecule has 6 heteroatoms. The molecular weight excluding hydrogens is 254 g/mol. The van der Waals surface area contributed by atoms with Gasteiger partial charge in [-0.3, -0.25) is 4.79 Å². The van der Waals surface area contributed by atoms with Crippen LogP contribution in [0.2, 0.25) is 0 Å². The second-order valence-electron chi connectivity index (χ2n) is 3.79. The van der Waals surface area contributed by atoms with E-state index in [0.29, 0.717) is 17.9 Å². The molecule has 0 aliphatic rings. The molecule has 0 radical (unpaired) electrons. The van der Waals surface area contributed by atoms with E-state index in [1.54, 1.807) is 36.0 Å². The zero-order chi connectivity index (χ0) is 13.5. The predicted molar refractivity (Wildman–Crippen MR) is 69.8 cm³/mol. The van der Waals surface area contributed by atoms with Crippen molar-refractivity contribution in [3.05, 3.63) is 35.4 Å². The molecule has 0 aromatic heterocycles. The summed E-state index contributed by atoms with van der Waals surface area (Å²) in [6.45, 7) is 0. The fourth-order valence-corrected chi connectivity index (χ4v) is 2.26. The Morgan fingerprint density at radius 3 is 2.33 bits per heavy atom. The Hall–Kier alpha value is -1.53. The minimum Gasteiger partial charge on any atom is -0.480 e. The number of carboxylic acids is 2. The van der Waals surface area contributed by atoms with Crippen LogP contribution in [0.25, 0.3) is 0 Å². The van der Waals surface area contributed by atoms with E-state index in [1.807, 2.05) is 0 Å². The third-order valence-corrected chi connectivity index (χ3v) is 3.42. The molecule has 1 unspecified atom stereocenters. The summed E-state index contributed by atoms with van der Waals surface area (Å²) in [5.41, 5.74) is 6.64. The summed E-state index contributed by atoms with van der Waals surface area (Å²) in [4.78, 5) is 21.1. The van der Waals surface area contributed by atoms with Gasteiger partial charge in [0, 0.05) is 5.75 Å². The SMILES string of the molecule is NC(CCSCc1ccc(C(=O)O)cc1)C(=O)O. The van der Waals surface area contributed by atoms with Crippen LogP contribution in [0.5, 0.6) is 0 Å². The van der Waals surface area contributed by atoms with Crippen LogP contribution in [-0.2, 0) is 10.5 Å². The summed E-state index contributed by atoms with van der Waals surface area (Å²) in [7, 11) is 0. The highest BCUT2D eigenvalue weighted by molar-refractivity contribution is 7.98. The molecule has 4 N–H and O–H groups in total. The summed E-state index contributed by atoms with van der Waals surface area (Å²) < 4.78 is 0. The maximum Gasteiger partial charge on any atom is 0.335 e. The summed E-state index contributed by atoms with van der Waals surface area (Å²) in [5, 5.41) is 17.3. The van der Waals surface area contributed by atoms with Crippen molar-refractivity contribution in [1.82, 2.24) is 0 Å². The minimum atomic E-state index is -0.985. The maximum absolute atomic E-state index is 10.6. The van der Waals surface area contributed by atoms with E-state index in [2.05, 4.69) is 0 Å². The van der Waals surface area contributed by atoms with Crippen LogP contribution in [0, 0.1) is 0 Å². The molecule has 98 valence electrons. The Bertz CT molecular complexity index is 419. The van der Waals surface area contributed by atoms with Crippen molar-refractivity contribution >= 4 is 23.7 Å². The summed E-state index contributed by atoms with van der Waals surface area (Å²) in [6, 6.07) is 5.82. The van der Waals surface area contributed by atoms with E-state index in [-0.39, 0.29) is 5.56 Å². The van der Waals surface area contributed by atoms with Crippen molar-refractivity contribution < 1.29 is 19.8 Å². The van der Waals surface area contributed by atoms with Crippen molar-refractivity contribution in [3.63, 3.8) is 0 Å². The molecule has 0 heterocycles. The van der Waals surface area contributed by atoms with Crippen molar-refractivity contribution in [2.45, 2.75) is 18.2 Å². The lowest BCUT2D eigenvalue weighted by molar-refractivity contribution is -0.138. The van der Waals surface area contributed by atoms with Gasteiger partial charge in [-0.1, -0.05) is 12.1 Å². The highest BCUT2D eigenvalue weighted by atomic mass is 32.2. The monoisotopic (exact) mass is 269 g/mol. The molecular formula is C12H15NO4S. The molecule has 18 heavy (non-hydrogen) atoms. The van der Waals surface area contributed by atoms with Gasteiger partial charge in [-0.05, 0) is 29.9 Å². The molecule has 0 amide bonds. The summed E-state index contributed by atoms with van der Waals surface area (Å²) in [5.74, 6) is -0.552. The fourth-order valence-electron chi connectivity index (χ4n) is 1.27. The van der Waals surface area contributed by atoms with Gasteiger partial charge in [-0.25, -0.2) is 4.79 Å². The number of benzene rings is 1. The molecule has 5 nitrogen and oxygen atoms in total. The number of rotatable bonds is 7. The Morgan fingerprint density at radius 1 is 1.22 bits per heavy atom. The first kappa shape index (κ1) is 14.5. The smallest absolute Gasteiger partial charge is 0.335 e. The van der Waals surface area contributed by atoms with Gasteiger partial charge < -0.3 is 15.9 Å². The van der Waals surface area contributed by atoms with Crippen molar-refractivity contribution in [2.24, 2.45) is 5.73 Å². The lowest BCUT2D eigenvalue weighted by Gasteiger charge is -2.06. The van der Waals surface area contributed by atoms with Crippen LogP contribution in [-0.4, -0.2) is 33.9 Å². The molecule has 1 rings (SSSR count). The van der Waals surface area contributed by atoms with Crippen LogP contribution in [0.3, 0.4) is 0 Å². The third-order valence-electron chi connectivity index (χ3n) is 2.36. The van der Waals surface area contributed by atoms with Crippen molar-refractivity contribution in [1.29, 1.82) is 0 Å². The molecule has 0 fully saturated rings. The number of aromatic carboxylic acids is 1. The largest absolute Gasteiger partial charge is 0.480 e. The van der Waals surface area contributed by atoms with Gasteiger partial charge in [0.2, 0.25) is 0 Å². The van der Waals surface area contributed by atoms with Crippen LogP contribution in [0.4, 0.5) is 0 Å². The number of aliphatic carboxylic acids is 1. The first-order chi connectivity index (χ1) is 8.50. The lowest BCUT2D eigenvalue weighted by Crippen LogP contribution is -2.30. The van der Waals surface area contributed by atoms with Crippen LogP contribution >= 0.6 is 11.8 Å². The zero-order valence-corrected chi connectivity index (χ0v) is 10.5. The Labute approximate surface area is 109 Å². The van der Waals surface area contributed by atoms with E-state index in [0.717, 1.165) is 5.56 Å². The third kappa shape index (κ3) is 4.77. The summed E-state index contributed by atoms with van der Waals surface area (Å²) in [6.07, 6.45) is 0.424. The molecule has 0 bridgehead atoms. The average molecular weight is 269 g/mol. The second kappa shape index (κ2) is 7.03. The van der Waals surface area contributed by atoms with E-state index in [9.17, 15) is 9.59 Å². The zero-order valence-electron chi connectivity index (χ0n) is 9.70. The molecule has 0 saturated carbocycles. The number of carbonyl (C=O) groups is 2. The molecule has 1 aromatic rings. The van der Waals surface area contributed by atoms with Crippen LogP contribution < -0.4 is 5.73 Å². The number of hydrogen-bond donors (Lipinski definition) is 3. The molecule has 0 spiro atoms. The molecule has 1 atom stereocenters. The van der Waals surface area contributed by atoms with Gasteiger partial charge >= 0.3 is 11.9 Å². The normalized spacial score (nSPS) is 12.1. The first-order valence-corrected chi connectivity index (χ1v) is 6.54. The van der Waals surface area contributed by atoms with Gasteiger partial charge in [0.15, 0.2) is 0 Å².